The van der Waals surface area contributed by atoms with Gasteiger partial charge in [0.15, 0.2) is 17.3 Å². The number of aromatic nitrogens is 10. The van der Waals surface area contributed by atoms with Crippen molar-refractivity contribution in [1.82, 2.24) is 64.2 Å². The minimum atomic E-state index is -1.43. The van der Waals surface area contributed by atoms with E-state index in [-0.39, 0.29) is 90.9 Å². The number of anilines is 2. The van der Waals surface area contributed by atoms with E-state index in [4.69, 9.17) is 5.11 Å². The van der Waals surface area contributed by atoms with Gasteiger partial charge in [0, 0.05) is 145 Å². The van der Waals surface area contributed by atoms with Crippen molar-refractivity contribution in [2.24, 2.45) is 0 Å². The summed E-state index contributed by atoms with van der Waals surface area (Å²) in [4.78, 5) is 130. The van der Waals surface area contributed by atoms with Gasteiger partial charge in [-0.05, 0) is 73.5 Å². The molecule has 8 heterocycles. The van der Waals surface area contributed by atoms with Crippen molar-refractivity contribution in [3.05, 3.63) is 132 Å². The third-order valence-corrected chi connectivity index (χ3v) is 20.3. The number of aromatic carboxylic acids is 1. The predicted octanol–water partition coefficient (Wildman–Crippen LogP) is 5.34. The number of amides is 5. The Morgan fingerprint density at radius 3 is 1.38 bits per heavy atom. The van der Waals surface area contributed by atoms with Crippen LogP contribution in [0.1, 0.15) is 80.3 Å². The van der Waals surface area contributed by atoms with Crippen LogP contribution in [0.4, 0.5) is 20.4 Å². The minimum absolute atomic E-state index is 0.0291. The number of Topliss-reactive ketones (excluding diaryl/α,β-unsaturated/α-hetero) is 2. The fourth-order valence-electron chi connectivity index (χ4n) is 9.54. The van der Waals surface area contributed by atoms with E-state index in [0.29, 0.717) is 33.5 Å². The molecule has 0 radical (unpaired) electrons. The number of benzene rings is 2. The van der Waals surface area contributed by atoms with Gasteiger partial charge in [-0.15, -0.1) is 0 Å². The van der Waals surface area contributed by atoms with E-state index >= 15 is 0 Å². The van der Waals surface area contributed by atoms with Gasteiger partial charge in [-0.3, -0.25) is 42.9 Å². The largest absolute Gasteiger partial charge is 0.477 e. The summed E-state index contributed by atoms with van der Waals surface area (Å²) in [7, 11) is 8.80. The fourth-order valence-corrected chi connectivity index (χ4v) is 15.0. The quantitative estimate of drug-likeness (QED) is 0.116. The number of carboxylic acids is 1. The van der Waals surface area contributed by atoms with Crippen LogP contribution in [0.3, 0.4) is 0 Å². The molecule has 32 heteroatoms. The molecule has 456 valence electrons. The molecular weight excluding hydrogens is 1260 g/mol. The van der Waals surface area contributed by atoms with E-state index in [1.807, 2.05) is 6.07 Å². The van der Waals surface area contributed by atoms with Crippen LogP contribution in [0, 0.1) is 13.8 Å². The summed E-state index contributed by atoms with van der Waals surface area (Å²) in [5.41, 5.74) is 4.30. The van der Waals surface area contributed by atoms with Crippen molar-refractivity contribution in [3.63, 3.8) is 0 Å². The molecule has 0 unspecified atom stereocenters. The molecule has 2 fully saturated rings. The molecule has 0 bridgehead atoms. The second-order valence-corrected chi connectivity index (χ2v) is 27.1. The van der Waals surface area contributed by atoms with Gasteiger partial charge in [-0.2, -0.15) is 10.2 Å². The monoisotopic (exact) mass is 1310 g/mol. The normalized spacial score (nSPS) is 15.9. The maximum Gasteiger partial charge on any atom is 0.354 e. The Labute approximate surface area is 521 Å². The molecule has 2 saturated heterocycles. The lowest BCUT2D eigenvalue weighted by Crippen LogP contribution is -2.44. The highest BCUT2D eigenvalue weighted by molar-refractivity contribution is 8.64. The van der Waals surface area contributed by atoms with Gasteiger partial charge >= 0.3 is 5.97 Å². The Kier molecular flexibility index (Phi) is 21.7. The first-order valence-corrected chi connectivity index (χ1v) is 33.1. The van der Waals surface area contributed by atoms with Gasteiger partial charge < -0.3 is 30.4 Å². The summed E-state index contributed by atoms with van der Waals surface area (Å²) in [5.74, 6) is -3.28. The molecule has 2 aliphatic heterocycles. The van der Waals surface area contributed by atoms with Crippen LogP contribution in [-0.2, 0) is 90.2 Å². The number of likely N-dealkylation sites (tertiary alicyclic amines) is 2. The van der Waals surface area contributed by atoms with E-state index < -0.39 is 54.0 Å². The zero-order chi connectivity index (χ0) is 63.5. The maximum atomic E-state index is 14.6. The number of hydrogen-bond acceptors (Lipinski definition) is 18. The lowest BCUT2D eigenvalue weighted by molar-refractivity contribution is -0.137. The number of fused-ring (bicyclic) bond motifs is 2. The number of pyridine rings is 2. The number of carboxylic acid groups (broad SMARTS) is 1. The number of aryl methyl sites for hydroxylation is 2. The first-order valence-electron chi connectivity index (χ1n) is 26.4. The Morgan fingerprint density at radius 2 is 1.00 bits per heavy atom. The van der Waals surface area contributed by atoms with Gasteiger partial charge in [-0.1, -0.05) is 24.3 Å². The van der Waals surface area contributed by atoms with Crippen LogP contribution < -0.4 is 10.6 Å². The van der Waals surface area contributed by atoms with E-state index in [1.54, 1.807) is 89.1 Å². The third-order valence-electron chi connectivity index (χ3n) is 13.6. The number of carbonyl (C=O) groups excluding carboxylic acids is 7. The Morgan fingerprint density at radius 1 is 0.602 bits per heavy atom. The molecule has 88 heavy (non-hydrogen) atoms. The predicted molar refractivity (Wildman–Crippen MR) is 336 cm³/mol. The van der Waals surface area contributed by atoms with Crippen LogP contribution in [-0.4, -0.2) is 168 Å². The van der Waals surface area contributed by atoms with Crippen LogP contribution in [0.25, 0.3) is 44.1 Å². The molecule has 2 aromatic carbocycles. The molecule has 24 nitrogen and oxygen atoms in total. The molecule has 5 amide bonds. The van der Waals surface area contributed by atoms with E-state index in [2.05, 4.69) is 73.1 Å². The van der Waals surface area contributed by atoms with Gasteiger partial charge in [0.25, 0.3) is 5.91 Å². The lowest BCUT2D eigenvalue weighted by Gasteiger charge is -2.23. The standard InChI is InChI=1S/C29H29FN8O4.C27H24FN7O5.S6/c1-16(39)27-21-10-18(19-12-31-17(2)32-13-19)8-9-23(21)38(35-27)15-26(40)37-14-20(30)11-24(37)28(41)34-25-7-5-6-22(33-25)29(42)36(3)4;1-14(36)25-19-8-16(17-10-29-15(2)30-11-17)6-7-21(19)35(33-25)13-24(37)34-12-18(28)9-22(34)26(38)32-23-5-3-4-20(31-23)27(39)40;1-3-5-6-4-2/h5-10,12-13,20,24H,11,14-15H2,1-4H3,(H,33,34,41);3-8,10-11,18,22H,9,12-13H2,1-2H3,(H,39,40)(H,31,32,38);/t20-,24+;18-,22+;/m11./s1. The van der Waals surface area contributed by atoms with Crippen molar-refractivity contribution in [3.8, 4) is 22.3 Å². The summed E-state index contributed by atoms with van der Waals surface area (Å²) in [6, 6.07) is 17.1. The van der Waals surface area contributed by atoms with Crippen LogP contribution >= 0.6 is 0 Å². The average molecular weight is 1310 g/mol. The van der Waals surface area contributed by atoms with E-state index in [9.17, 15) is 47.1 Å². The second kappa shape index (κ2) is 29.2. The number of nitrogens with zero attached hydrogens (tertiary/aromatic N) is 13. The van der Waals surface area contributed by atoms with Crippen LogP contribution in [0.5, 0.6) is 0 Å². The van der Waals surface area contributed by atoms with Gasteiger partial charge in [0.2, 0.25) is 23.6 Å². The smallest absolute Gasteiger partial charge is 0.354 e. The highest BCUT2D eigenvalue weighted by Gasteiger charge is 2.42. The van der Waals surface area contributed by atoms with Crippen molar-refractivity contribution >= 4 is 138 Å². The summed E-state index contributed by atoms with van der Waals surface area (Å²) in [5, 5.41) is 24.0. The Balaban J connectivity index is 0.000000209. The third kappa shape index (κ3) is 15.8. The second-order valence-electron chi connectivity index (χ2n) is 20.0. The molecule has 0 spiro atoms. The van der Waals surface area contributed by atoms with E-state index in [0.717, 1.165) is 27.2 Å². The molecule has 4 atom stereocenters. The zero-order valence-corrected chi connectivity index (χ0v) is 52.4. The van der Waals surface area contributed by atoms with E-state index in [1.165, 1.54) is 98.9 Å². The highest BCUT2D eigenvalue weighted by Crippen LogP contribution is 2.31. The van der Waals surface area contributed by atoms with Crippen molar-refractivity contribution < 1.29 is 52.2 Å². The summed E-state index contributed by atoms with van der Waals surface area (Å²) >= 11 is 9.03. The SMILES string of the molecule is CC(=O)c1nn(CC(=O)N2C[C@H](F)C[C@H]2C(=O)Nc2cccc(C(=O)N(C)C)n2)c2ccc(-c3cnc(C)nc3)cc12.CC(=O)c1nn(CC(=O)N2C[C@H](F)C[C@H]2C(=O)Nc2cccc(C(=O)O)n2)c2ccc(-c3cnc(C)nc3)cc12.S=S=S=S=S=S. The van der Waals surface area contributed by atoms with Crippen LogP contribution in [0.2, 0.25) is 0 Å². The average Bonchev–Trinajstić information content (AvgIpc) is 2.09. The molecule has 6 aromatic heterocycles. The topological polar surface area (TPSA) is 304 Å². The lowest BCUT2D eigenvalue weighted by atomic mass is 10.0. The van der Waals surface area contributed by atoms with Gasteiger partial charge in [0.05, 0.1) is 24.1 Å². The number of alkyl halides is 2. The number of ketones is 2. The molecule has 0 aliphatic carbocycles. The fraction of sp³-hybridized carbons (Fsp3) is 0.286. The van der Waals surface area contributed by atoms with Gasteiger partial charge in [-0.25, -0.2) is 43.5 Å². The molecular formula is C56H53F2N15O9S6. The first-order chi connectivity index (χ1) is 42.0. The summed E-state index contributed by atoms with van der Waals surface area (Å²) in [6.07, 6.45) is 3.46. The zero-order valence-electron chi connectivity index (χ0n) is 47.5. The van der Waals surface area contributed by atoms with Gasteiger partial charge in [0.1, 0.15) is 77.9 Å². The molecule has 10 rings (SSSR count). The molecule has 8 aromatic rings. The number of halogens is 2. The van der Waals surface area contributed by atoms with Crippen molar-refractivity contribution in [1.29, 1.82) is 0 Å². The van der Waals surface area contributed by atoms with Crippen LogP contribution in [0.15, 0.2) is 97.6 Å². The molecule has 0 saturated carbocycles. The summed E-state index contributed by atoms with van der Waals surface area (Å²) in [6.45, 7) is 5.12. The van der Waals surface area contributed by atoms with Crippen molar-refractivity contribution in [2.45, 2.75) is 78.1 Å². The number of rotatable bonds is 14. The number of carbonyl (C=O) groups is 8. The Bertz CT molecular complexity index is 4230. The number of hydrogen-bond donors (Lipinski definition) is 3. The minimum Gasteiger partial charge on any atom is -0.477 e. The number of nitrogens with one attached hydrogen (secondary N) is 2. The highest BCUT2D eigenvalue weighted by atomic mass is 33.3. The Hall–Kier alpha value is -8.82. The maximum absolute atomic E-state index is 14.6. The summed E-state index contributed by atoms with van der Waals surface area (Å²) < 4.78 is 31.8. The first kappa shape index (κ1) is 65.2. The molecule has 3 N–H and O–H groups in total. The molecule has 2 aliphatic rings. The van der Waals surface area contributed by atoms with Crippen molar-refractivity contribution in [2.75, 3.05) is 37.8 Å².